The van der Waals surface area contributed by atoms with Crippen LogP contribution in [-0.2, 0) is 31.8 Å². The molecule has 43 heavy (non-hydrogen) atoms. The number of sulfonamides is 2. The Kier molecular flexibility index (Phi) is 8.49. The van der Waals surface area contributed by atoms with Gasteiger partial charge in [-0.05, 0) is 55.5 Å². The normalized spacial score (nSPS) is 14.4. The van der Waals surface area contributed by atoms with Crippen LogP contribution in [0.1, 0.15) is 16.1 Å². The number of rotatable bonds is 8. The van der Waals surface area contributed by atoms with Crippen LogP contribution in [0.4, 0.5) is 11.4 Å². The largest absolute Gasteiger partial charge is 0.379 e. The molecular weight excluding hydrogens is 618 g/mol. The van der Waals surface area contributed by atoms with Gasteiger partial charge in [0.15, 0.2) is 0 Å². The summed E-state index contributed by atoms with van der Waals surface area (Å²) in [7, 11) is -6.52. The SMILES string of the molecule is Cc1c(NS(=O)(=O)c2cccc(C(=O)Nc3cc(S(=O)(=O)N4CCOCC4)ccc3Cl)c2)c(=O)n(-c2ccccc2)n1C. The zero-order valence-electron chi connectivity index (χ0n) is 23.2. The lowest BCUT2D eigenvalue weighted by atomic mass is 10.2. The summed E-state index contributed by atoms with van der Waals surface area (Å²) in [6.07, 6.45) is 0. The number of morpholine rings is 1. The number of anilines is 2. The number of hydrogen-bond acceptors (Lipinski definition) is 7. The van der Waals surface area contributed by atoms with Gasteiger partial charge in [-0.3, -0.25) is 19.0 Å². The third-order valence-electron chi connectivity index (χ3n) is 6.99. The maximum atomic E-state index is 13.4. The number of nitrogens with zero attached hydrogens (tertiary/aromatic N) is 3. The van der Waals surface area contributed by atoms with E-state index in [-0.39, 0.29) is 58.1 Å². The number of hydrogen-bond donors (Lipinski definition) is 2. The van der Waals surface area contributed by atoms with Gasteiger partial charge in [0, 0.05) is 25.7 Å². The van der Waals surface area contributed by atoms with Crippen molar-refractivity contribution in [1.29, 1.82) is 0 Å². The molecule has 1 aromatic heterocycles. The van der Waals surface area contributed by atoms with E-state index in [2.05, 4.69) is 10.0 Å². The van der Waals surface area contributed by atoms with Crippen molar-refractivity contribution >= 4 is 48.9 Å². The first-order chi connectivity index (χ1) is 20.4. The zero-order chi connectivity index (χ0) is 30.9. The molecule has 0 bridgehead atoms. The Labute approximate surface area is 253 Å². The highest BCUT2D eigenvalue weighted by Crippen LogP contribution is 2.28. The van der Waals surface area contributed by atoms with Crippen LogP contribution < -0.4 is 15.6 Å². The fourth-order valence-corrected chi connectivity index (χ4v) is 7.34. The molecule has 1 amide bonds. The van der Waals surface area contributed by atoms with E-state index < -0.39 is 31.5 Å². The standard InChI is InChI=1S/C28H28ClN5O7S2/c1-19-26(28(36)34(32(19)2)21-8-4-3-5-9-21)31-42(37,38)22-10-6-7-20(17-22)27(35)30-25-18-23(11-12-24(25)29)43(39,40)33-13-15-41-16-14-33/h3-12,17-18,31H,13-16H2,1-2H3,(H,30,35). The molecule has 0 saturated carbocycles. The summed E-state index contributed by atoms with van der Waals surface area (Å²) in [6.45, 7) is 2.56. The van der Waals surface area contributed by atoms with E-state index >= 15 is 0 Å². The first kappa shape index (κ1) is 30.5. The Bertz CT molecular complexity index is 1970. The Morgan fingerprint density at radius 1 is 0.907 bits per heavy atom. The van der Waals surface area contributed by atoms with E-state index in [0.717, 1.165) is 6.07 Å². The molecule has 1 aliphatic heterocycles. The van der Waals surface area contributed by atoms with Gasteiger partial charge in [-0.25, -0.2) is 21.5 Å². The minimum absolute atomic E-state index is 0.0353. The summed E-state index contributed by atoms with van der Waals surface area (Å²) >= 11 is 6.26. The number of para-hydroxylation sites is 1. The van der Waals surface area contributed by atoms with Gasteiger partial charge < -0.3 is 10.1 Å². The summed E-state index contributed by atoms with van der Waals surface area (Å²) in [6, 6.07) is 17.9. The smallest absolute Gasteiger partial charge is 0.296 e. The van der Waals surface area contributed by atoms with Crippen LogP contribution in [0.15, 0.2) is 87.4 Å². The van der Waals surface area contributed by atoms with Gasteiger partial charge in [0.25, 0.3) is 21.5 Å². The molecule has 2 heterocycles. The minimum atomic E-state index is -4.30. The van der Waals surface area contributed by atoms with E-state index in [1.54, 1.807) is 44.3 Å². The predicted molar refractivity (Wildman–Crippen MR) is 162 cm³/mol. The second kappa shape index (κ2) is 12.0. The number of carbonyl (C=O) groups excluding carboxylic acids is 1. The number of benzene rings is 3. The van der Waals surface area contributed by atoms with Crippen LogP contribution in [0.5, 0.6) is 0 Å². The second-order valence-electron chi connectivity index (χ2n) is 9.68. The lowest BCUT2D eigenvalue weighted by molar-refractivity contribution is 0.0730. The highest BCUT2D eigenvalue weighted by molar-refractivity contribution is 7.92. The van der Waals surface area contributed by atoms with Gasteiger partial charge in [-0.1, -0.05) is 35.9 Å². The maximum Gasteiger partial charge on any atom is 0.296 e. The zero-order valence-corrected chi connectivity index (χ0v) is 25.5. The van der Waals surface area contributed by atoms with Crippen molar-refractivity contribution in [3.8, 4) is 5.69 Å². The molecule has 0 aliphatic carbocycles. The van der Waals surface area contributed by atoms with E-state index in [1.807, 2.05) is 0 Å². The molecule has 1 saturated heterocycles. The van der Waals surface area contributed by atoms with Crippen LogP contribution >= 0.6 is 11.6 Å². The van der Waals surface area contributed by atoms with Gasteiger partial charge in [-0.15, -0.1) is 0 Å². The number of halogens is 1. The first-order valence-corrected chi connectivity index (χ1v) is 16.4. The molecule has 0 unspecified atom stereocenters. The van der Waals surface area contributed by atoms with Crippen molar-refractivity contribution in [1.82, 2.24) is 13.7 Å². The fraction of sp³-hybridized carbons (Fsp3) is 0.214. The summed E-state index contributed by atoms with van der Waals surface area (Å²) in [5.41, 5.74) is 0.243. The molecule has 0 radical (unpaired) electrons. The number of amides is 1. The average Bonchev–Trinajstić information content (AvgIpc) is 3.21. The van der Waals surface area contributed by atoms with Crippen molar-refractivity contribution in [2.24, 2.45) is 7.05 Å². The number of aromatic nitrogens is 2. The molecule has 4 aromatic rings. The molecular formula is C28H28ClN5O7S2. The summed E-state index contributed by atoms with van der Waals surface area (Å²) < 4.78 is 64.6. The van der Waals surface area contributed by atoms with Crippen molar-refractivity contribution < 1.29 is 26.4 Å². The predicted octanol–water partition coefficient (Wildman–Crippen LogP) is 3.21. The Morgan fingerprint density at radius 3 is 2.30 bits per heavy atom. The molecule has 0 atom stereocenters. The van der Waals surface area contributed by atoms with Crippen molar-refractivity contribution in [2.75, 3.05) is 36.3 Å². The van der Waals surface area contributed by atoms with Crippen molar-refractivity contribution in [3.05, 3.63) is 99.4 Å². The molecule has 3 aromatic carbocycles. The van der Waals surface area contributed by atoms with Crippen LogP contribution in [-0.4, -0.2) is 62.7 Å². The van der Waals surface area contributed by atoms with Crippen LogP contribution in [0, 0.1) is 6.92 Å². The summed E-state index contributed by atoms with van der Waals surface area (Å²) in [5.74, 6) is -0.720. The van der Waals surface area contributed by atoms with Crippen LogP contribution in [0.25, 0.3) is 5.69 Å². The third-order valence-corrected chi connectivity index (χ3v) is 10.6. The average molecular weight is 646 g/mol. The molecule has 12 nitrogen and oxygen atoms in total. The lowest BCUT2D eigenvalue weighted by Gasteiger charge is -2.26. The van der Waals surface area contributed by atoms with Crippen molar-refractivity contribution in [3.63, 3.8) is 0 Å². The summed E-state index contributed by atoms with van der Waals surface area (Å²) in [5, 5.41) is 2.66. The molecule has 2 N–H and O–H groups in total. The summed E-state index contributed by atoms with van der Waals surface area (Å²) in [4.78, 5) is 26.1. The van der Waals surface area contributed by atoms with Crippen molar-refractivity contribution in [2.45, 2.75) is 16.7 Å². The number of nitrogens with one attached hydrogen (secondary N) is 2. The molecule has 0 spiro atoms. The van der Waals surface area contributed by atoms with Gasteiger partial charge in [-0.2, -0.15) is 4.31 Å². The molecule has 1 fully saturated rings. The van der Waals surface area contributed by atoms with Gasteiger partial charge >= 0.3 is 0 Å². The topological polar surface area (TPSA) is 149 Å². The van der Waals surface area contributed by atoms with Crippen LogP contribution in [0.3, 0.4) is 0 Å². The quantitative estimate of drug-likeness (QED) is 0.299. The minimum Gasteiger partial charge on any atom is -0.379 e. The van der Waals surface area contributed by atoms with Gasteiger partial charge in [0.2, 0.25) is 10.0 Å². The molecule has 1 aliphatic rings. The lowest BCUT2D eigenvalue weighted by Crippen LogP contribution is -2.40. The van der Waals surface area contributed by atoms with E-state index in [1.165, 1.54) is 50.1 Å². The highest BCUT2D eigenvalue weighted by Gasteiger charge is 2.28. The second-order valence-corrected chi connectivity index (χ2v) is 13.7. The van der Waals surface area contributed by atoms with E-state index in [4.69, 9.17) is 16.3 Å². The van der Waals surface area contributed by atoms with Gasteiger partial charge in [0.1, 0.15) is 5.69 Å². The van der Waals surface area contributed by atoms with Gasteiger partial charge in [0.05, 0.1) is 45.1 Å². The monoisotopic (exact) mass is 645 g/mol. The molecule has 226 valence electrons. The Hall–Kier alpha value is -3.95. The Balaban J connectivity index is 1.39. The van der Waals surface area contributed by atoms with E-state index in [9.17, 15) is 26.4 Å². The maximum absolute atomic E-state index is 13.4. The highest BCUT2D eigenvalue weighted by atomic mass is 35.5. The van der Waals surface area contributed by atoms with E-state index in [0.29, 0.717) is 11.4 Å². The van der Waals surface area contributed by atoms with Crippen LogP contribution in [0.2, 0.25) is 5.02 Å². The molecule has 15 heteroatoms. The number of carbonyl (C=O) groups is 1. The Morgan fingerprint density at radius 2 is 1.60 bits per heavy atom. The molecule has 5 rings (SSSR count). The first-order valence-electron chi connectivity index (χ1n) is 13.1. The third kappa shape index (κ3) is 6.10. The number of ether oxygens (including phenoxy) is 1. The fourth-order valence-electron chi connectivity index (χ4n) is 4.57.